The number of carbonyl (C=O) groups is 1. The van der Waals surface area contributed by atoms with Crippen LogP contribution >= 0.6 is 0 Å². The lowest BCUT2D eigenvalue weighted by molar-refractivity contribution is 0.0779. The van der Waals surface area contributed by atoms with E-state index in [4.69, 9.17) is 5.73 Å². The van der Waals surface area contributed by atoms with E-state index in [1.165, 1.54) is 0 Å². The molecule has 2 N–H and O–H groups in total. The highest BCUT2D eigenvalue weighted by Gasteiger charge is 2.30. The number of benzene rings is 1. The van der Waals surface area contributed by atoms with E-state index >= 15 is 0 Å². The largest absolute Gasteiger partial charge is 0.396 e. The van der Waals surface area contributed by atoms with Crippen molar-refractivity contribution in [1.29, 1.82) is 0 Å². The van der Waals surface area contributed by atoms with Gasteiger partial charge in [0, 0.05) is 19.2 Å². The van der Waals surface area contributed by atoms with Gasteiger partial charge in [-0.3, -0.25) is 4.79 Å². The van der Waals surface area contributed by atoms with Crippen LogP contribution in [0.4, 0.5) is 14.5 Å². The molecule has 0 spiro atoms. The Balaban J connectivity index is 2.19. The Hall–Kier alpha value is -1.65. The van der Waals surface area contributed by atoms with Crippen molar-refractivity contribution in [1.82, 2.24) is 4.90 Å². The molecular weight excluding hydrogens is 250 g/mol. The molecule has 0 aromatic heterocycles. The summed E-state index contributed by atoms with van der Waals surface area (Å²) in [5.41, 5.74) is 5.04. The molecule has 0 radical (unpaired) electrons. The van der Waals surface area contributed by atoms with Gasteiger partial charge in [0.2, 0.25) is 0 Å². The second-order valence-electron chi connectivity index (χ2n) is 5.40. The van der Waals surface area contributed by atoms with Gasteiger partial charge in [0.05, 0.1) is 11.3 Å². The molecule has 2 rings (SSSR count). The van der Waals surface area contributed by atoms with Crippen LogP contribution < -0.4 is 5.73 Å². The highest BCUT2D eigenvalue weighted by Crippen LogP contribution is 2.26. The minimum atomic E-state index is -0.857. The molecule has 1 amide bonds. The first-order valence-electron chi connectivity index (χ1n) is 6.44. The van der Waals surface area contributed by atoms with Gasteiger partial charge in [-0.2, -0.15) is 0 Å². The first-order chi connectivity index (χ1) is 8.90. The van der Waals surface area contributed by atoms with Gasteiger partial charge in [0.25, 0.3) is 5.91 Å². The van der Waals surface area contributed by atoms with Gasteiger partial charge in [0.1, 0.15) is 11.6 Å². The molecule has 5 heteroatoms. The van der Waals surface area contributed by atoms with Crippen molar-refractivity contribution < 1.29 is 13.6 Å². The summed E-state index contributed by atoms with van der Waals surface area (Å²) < 4.78 is 26.7. The molecule has 1 atom stereocenters. The van der Waals surface area contributed by atoms with Gasteiger partial charge in [-0.15, -0.1) is 0 Å². The summed E-state index contributed by atoms with van der Waals surface area (Å²) in [4.78, 5) is 13.8. The maximum atomic E-state index is 13.6. The Morgan fingerprint density at radius 1 is 1.37 bits per heavy atom. The SMILES string of the molecule is CC(C)C1CCN(C(=O)c2cc(N)c(F)cc2F)C1. The molecule has 0 bridgehead atoms. The first-order valence-corrected chi connectivity index (χ1v) is 6.44. The predicted molar refractivity (Wildman–Crippen MR) is 69.6 cm³/mol. The van der Waals surface area contributed by atoms with E-state index < -0.39 is 17.5 Å². The lowest BCUT2D eigenvalue weighted by Crippen LogP contribution is -2.30. The van der Waals surface area contributed by atoms with Crippen molar-refractivity contribution >= 4 is 11.6 Å². The van der Waals surface area contributed by atoms with Crippen LogP contribution in [0, 0.1) is 23.5 Å². The topological polar surface area (TPSA) is 46.3 Å². The van der Waals surface area contributed by atoms with Crippen LogP contribution in [-0.2, 0) is 0 Å². The number of nitrogens with two attached hydrogens (primary N) is 1. The normalized spacial score (nSPS) is 19.2. The molecule has 1 aromatic rings. The molecular formula is C14H18F2N2O. The lowest BCUT2D eigenvalue weighted by atomic mass is 9.95. The molecule has 0 saturated carbocycles. The second kappa shape index (κ2) is 5.15. The fourth-order valence-electron chi connectivity index (χ4n) is 2.42. The van der Waals surface area contributed by atoms with Gasteiger partial charge >= 0.3 is 0 Å². The fraction of sp³-hybridized carbons (Fsp3) is 0.500. The van der Waals surface area contributed by atoms with Crippen molar-refractivity contribution in [3.63, 3.8) is 0 Å². The van der Waals surface area contributed by atoms with Crippen LogP contribution in [0.25, 0.3) is 0 Å². The zero-order valence-electron chi connectivity index (χ0n) is 11.1. The van der Waals surface area contributed by atoms with Gasteiger partial charge in [0.15, 0.2) is 0 Å². The van der Waals surface area contributed by atoms with Crippen molar-refractivity contribution in [3.8, 4) is 0 Å². The van der Waals surface area contributed by atoms with Crippen molar-refractivity contribution in [2.75, 3.05) is 18.8 Å². The Labute approximate surface area is 111 Å². The van der Waals surface area contributed by atoms with Crippen LogP contribution in [0.3, 0.4) is 0 Å². The number of anilines is 1. The van der Waals surface area contributed by atoms with Crippen LogP contribution in [0.1, 0.15) is 30.6 Å². The summed E-state index contributed by atoms with van der Waals surface area (Å²) in [5.74, 6) is -1.18. The Morgan fingerprint density at radius 3 is 2.63 bits per heavy atom. The average molecular weight is 268 g/mol. The van der Waals surface area contributed by atoms with Crippen LogP contribution in [-0.4, -0.2) is 23.9 Å². The molecule has 1 aliphatic rings. The molecule has 1 aliphatic heterocycles. The molecule has 19 heavy (non-hydrogen) atoms. The van der Waals surface area contributed by atoms with E-state index in [-0.39, 0.29) is 11.3 Å². The van der Waals surface area contributed by atoms with Gasteiger partial charge in [-0.25, -0.2) is 8.78 Å². The number of likely N-dealkylation sites (tertiary alicyclic amines) is 1. The average Bonchev–Trinajstić information content (AvgIpc) is 2.82. The number of hydrogen-bond acceptors (Lipinski definition) is 2. The molecule has 1 unspecified atom stereocenters. The highest BCUT2D eigenvalue weighted by atomic mass is 19.1. The van der Waals surface area contributed by atoms with E-state index in [1.54, 1.807) is 4.90 Å². The first kappa shape index (κ1) is 13.8. The number of amides is 1. The summed E-state index contributed by atoms with van der Waals surface area (Å²) in [6, 6.07) is 1.74. The number of hydrogen-bond donors (Lipinski definition) is 1. The smallest absolute Gasteiger partial charge is 0.256 e. The Morgan fingerprint density at radius 2 is 2.05 bits per heavy atom. The Kier molecular flexibility index (Phi) is 3.73. The molecule has 3 nitrogen and oxygen atoms in total. The van der Waals surface area contributed by atoms with E-state index in [0.717, 1.165) is 12.5 Å². The third kappa shape index (κ3) is 2.69. The van der Waals surface area contributed by atoms with Crippen molar-refractivity contribution in [3.05, 3.63) is 29.3 Å². The molecule has 1 aromatic carbocycles. The summed E-state index contributed by atoms with van der Waals surface area (Å²) in [7, 11) is 0. The number of carbonyl (C=O) groups excluding carboxylic acids is 1. The molecule has 1 fully saturated rings. The van der Waals surface area contributed by atoms with Gasteiger partial charge < -0.3 is 10.6 Å². The van der Waals surface area contributed by atoms with Gasteiger partial charge in [-0.05, 0) is 24.3 Å². The Bertz CT molecular complexity index is 502. The summed E-state index contributed by atoms with van der Waals surface area (Å²) in [5, 5.41) is 0. The van der Waals surface area contributed by atoms with E-state index in [2.05, 4.69) is 13.8 Å². The fourth-order valence-corrected chi connectivity index (χ4v) is 2.42. The number of nitrogen functional groups attached to an aromatic ring is 1. The second-order valence-corrected chi connectivity index (χ2v) is 5.40. The highest BCUT2D eigenvalue weighted by molar-refractivity contribution is 5.95. The monoisotopic (exact) mass is 268 g/mol. The predicted octanol–water partition coefficient (Wildman–Crippen LogP) is 2.67. The van der Waals surface area contributed by atoms with E-state index in [0.29, 0.717) is 31.0 Å². The van der Waals surface area contributed by atoms with Crippen LogP contribution in [0.5, 0.6) is 0 Å². The van der Waals surface area contributed by atoms with E-state index in [9.17, 15) is 13.6 Å². The van der Waals surface area contributed by atoms with Crippen molar-refractivity contribution in [2.45, 2.75) is 20.3 Å². The third-order valence-electron chi connectivity index (χ3n) is 3.77. The zero-order valence-corrected chi connectivity index (χ0v) is 11.1. The number of rotatable bonds is 2. The number of halogens is 2. The summed E-state index contributed by atoms with van der Waals surface area (Å²) >= 11 is 0. The quantitative estimate of drug-likeness (QED) is 0.838. The van der Waals surface area contributed by atoms with Crippen LogP contribution in [0.2, 0.25) is 0 Å². The minimum Gasteiger partial charge on any atom is -0.396 e. The van der Waals surface area contributed by atoms with E-state index in [1.807, 2.05) is 0 Å². The molecule has 0 aliphatic carbocycles. The van der Waals surface area contributed by atoms with Crippen molar-refractivity contribution in [2.24, 2.45) is 11.8 Å². The van der Waals surface area contributed by atoms with Crippen LogP contribution in [0.15, 0.2) is 12.1 Å². The molecule has 104 valence electrons. The minimum absolute atomic E-state index is 0.150. The summed E-state index contributed by atoms with van der Waals surface area (Å²) in [6.45, 7) is 5.44. The van der Waals surface area contributed by atoms with Gasteiger partial charge in [-0.1, -0.05) is 13.8 Å². The third-order valence-corrected chi connectivity index (χ3v) is 3.77. The maximum absolute atomic E-state index is 13.6. The lowest BCUT2D eigenvalue weighted by Gasteiger charge is -2.18. The maximum Gasteiger partial charge on any atom is 0.256 e. The number of nitrogens with zero attached hydrogens (tertiary/aromatic N) is 1. The molecule has 1 saturated heterocycles. The standard InChI is InChI=1S/C14H18F2N2O/c1-8(2)9-3-4-18(7-9)14(19)10-5-13(17)12(16)6-11(10)15/h5-6,8-9H,3-4,7,17H2,1-2H3. The summed E-state index contributed by atoms with van der Waals surface area (Å²) in [6.07, 6.45) is 0.918. The zero-order chi connectivity index (χ0) is 14.2. The molecule has 1 heterocycles.